The second-order valence-corrected chi connectivity index (χ2v) is 2.50. The lowest BCUT2D eigenvalue weighted by Gasteiger charge is -2.03. The van der Waals surface area contributed by atoms with Gasteiger partial charge in [0.05, 0.1) is 0 Å². The Kier molecular flexibility index (Phi) is 4.50. The third-order valence-electron chi connectivity index (χ3n) is 1.22. The van der Waals surface area contributed by atoms with Gasteiger partial charge < -0.3 is 5.21 Å². The molecule has 0 aromatic carbocycles. The minimum absolute atomic E-state index is 0.196. The van der Waals surface area contributed by atoms with Crippen LogP contribution in [0.3, 0.4) is 0 Å². The minimum Gasteiger partial charge on any atom is -0.410 e. The maximum atomic E-state index is 8.19. The van der Waals surface area contributed by atoms with Crippen molar-refractivity contribution < 1.29 is 5.21 Å². The van der Waals surface area contributed by atoms with Crippen LogP contribution in [-0.2, 0) is 0 Å². The highest BCUT2D eigenvalue weighted by atomic mass is 35.5. The van der Waals surface area contributed by atoms with Gasteiger partial charge in [-0.25, -0.2) is 0 Å². The first-order valence-electron chi connectivity index (χ1n) is 3.09. The van der Waals surface area contributed by atoms with Crippen LogP contribution < -0.4 is 0 Å². The first kappa shape index (κ1) is 8.76. The normalized spacial score (nSPS) is 15.7. The van der Waals surface area contributed by atoms with Crippen LogP contribution in [0.1, 0.15) is 26.7 Å². The van der Waals surface area contributed by atoms with E-state index in [2.05, 4.69) is 12.1 Å². The van der Waals surface area contributed by atoms with Gasteiger partial charge in [0.2, 0.25) is 0 Å². The van der Waals surface area contributed by atoms with Crippen molar-refractivity contribution in [2.45, 2.75) is 26.7 Å². The highest BCUT2D eigenvalue weighted by molar-refractivity contribution is 6.65. The molecule has 0 bridgehead atoms. The van der Waals surface area contributed by atoms with E-state index >= 15 is 0 Å². The Hall–Kier alpha value is -0.240. The maximum Gasteiger partial charge on any atom is 0.148 e. The van der Waals surface area contributed by atoms with Crippen molar-refractivity contribution in [3.8, 4) is 0 Å². The molecular formula is C6H12ClNO. The monoisotopic (exact) mass is 149 g/mol. The van der Waals surface area contributed by atoms with E-state index in [1.165, 1.54) is 0 Å². The fourth-order valence-corrected chi connectivity index (χ4v) is 0.760. The zero-order valence-corrected chi connectivity index (χ0v) is 6.52. The van der Waals surface area contributed by atoms with E-state index in [0.717, 1.165) is 12.8 Å². The van der Waals surface area contributed by atoms with Gasteiger partial charge in [-0.15, -0.1) is 0 Å². The van der Waals surface area contributed by atoms with E-state index in [4.69, 9.17) is 16.8 Å². The second-order valence-electron chi connectivity index (χ2n) is 2.11. The van der Waals surface area contributed by atoms with Crippen LogP contribution in [0.15, 0.2) is 5.16 Å². The number of hydrogen-bond donors (Lipinski definition) is 1. The fraction of sp³-hybridized carbons (Fsp3) is 0.833. The Labute approximate surface area is 60.5 Å². The van der Waals surface area contributed by atoms with Crippen molar-refractivity contribution >= 4 is 16.8 Å². The van der Waals surface area contributed by atoms with E-state index in [9.17, 15) is 0 Å². The van der Waals surface area contributed by atoms with Crippen molar-refractivity contribution in [1.29, 1.82) is 0 Å². The fourth-order valence-electron chi connectivity index (χ4n) is 0.651. The molecule has 1 unspecified atom stereocenters. The number of hydrogen-bond acceptors (Lipinski definition) is 2. The Morgan fingerprint density at radius 3 is 2.67 bits per heavy atom. The van der Waals surface area contributed by atoms with Gasteiger partial charge in [-0.3, -0.25) is 0 Å². The minimum atomic E-state index is 0.196. The van der Waals surface area contributed by atoms with Gasteiger partial charge >= 0.3 is 0 Å². The molecule has 9 heavy (non-hydrogen) atoms. The van der Waals surface area contributed by atoms with Gasteiger partial charge in [0, 0.05) is 5.92 Å². The highest BCUT2D eigenvalue weighted by Gasteiger charge is 2.05. The Balaban J connectivity index is 3.59. The predicted octanol–water partition coefficient (Wildman–Crippen LogP) is 2.45. The smallest absolute Gasteiger partial charge is 0.148 e. The summed E-state index contributed by atoms with van der Waals surface area (Å²) in [5.41, 5.74) is 0. The van der Waals surface area contributed by atoms with E-state index in [0.29, 0.717) is 5.17 Å². The summed E-state index contributed by atoms with van der Waals surface area (Å²) < 4.78 is 0. The molecule has 0 heterocycles. The molecule has 0 amide bonds. The van der Waals surface area contributed by atoms with Crippen LogP contribution in [0.25, 0.3) is 0 Å². The first-order valence-corrected chi connectivity index (χ1v) is 3.47. The summed E-state index contributed by atoms with van der Waals surface area (Å²) in [7, 11) is 0. The number of nitrogens with zero attached hydrogens (tertiary/aromatic N) is 1. The van der Waals surface area contributed by atoms with Crippen LogP contribution in [0.4, 0.5) is 0 Å². The molecule has 1 atom stereocenters. The van der Waals surface area contributed by atoms with Crippen LogP contribution in [-0.4, -0.2) is 10.4 Å². The standard InChI is InChI=1S/C6H12ClNO/c1-3-4-5(2)6(7)8-9/h5,9H,3-4H2,1-2H3. The van der Waals surface area contributed by atoms with Gasteiger partial charge in [0.15, 0.2) is 0 Å². The van der Waals surface area contributed by atoms with Crippen molar-refractivity contribution in [2.75, 3.05) is 0 Å². The summed E-state index contributed by atoms with van der Waals surface area (Å²) in [5.74, 6) is 0.196. The SMILES string of the molecule is CCCC(C)C(Cl)=NO. The summed E-state index contributed by atoms with van der Waals surface area (Å²) in [4.78, 5) is 0. The quantitative estimate of drug-likeness (QED) is 0.373. The zero-order valence-electron chi connectivity index (χ0n) is 5.76. The summed E-state index contributed by atoms with van der Waals surface area (Å²) in [6.07, 6.45) is 2.04. The molecule has 0 radical (unpaired) electrons. The lowest BCUT2D eigenvalue weighted by molar-refractivity contribution is 0.317. The molecule has 0 aliphatic rings. The topological polar surface area (TPSA) is 32.6 Å². The van der Waals surface area contributed by atoms with Crippen molar-refractivity contribution in [1.82, 2.24) is 0 Å². The lowest BCUT2D eigenvalue weighted by atomic mass is 10.1. The molecule has 0 spiro atoms. The average molecular weight is 150 g/mol. The number of rotatable bonds is 3. The molecule has 0 aliphatic heterocycles. The Morgan fingerprint density at radius 1 is 1.78 bits per heavy atom. The molecule has 0 aromatic heterocycles. The highest BCUT2D eigenvalue weighted by Crippen LogP contribution is 2.09. The molecule has 1 N–H and O–H groups in total. The molecular weight excluding hydrogens is 138 g/mol. The van der Waals surface area contributed by atoms with E-state index in [1.807, 2.05) is 6.92 Å². The van der Waals surface area contributed by atoms with E-state index in [-0.39, 0.29) is 5.92 Å². The van der Waals surface area contributed by atoms with Gasteiger partial charge in [0.1, 0.15) is 5.17 Å². The predicted molar refractivity (Wildman–Crippen MR) is 39.1 cm³/mol. The molecule has 0 rings (SSSR count). The summed E-state index contributed by atoms with van der Waals surface area (Å²) in [5, 5.41) is 11.4. The van der Waals surface area contributed by atoms with Crippen LogP contribution in [0.5, 0.6) is 0 Å². The summed E-state index contributed by atoms with van der Waals surface area (Å²) in [6.45, 7) is 4.00. The van der Waals surface area contributed by atoms with E-state index < -0.39 is 0 Å². The molecule has 0 aromatic rings. The van der Waals surface area contributed by atoms with Gasteiger partial charge in [-0.05, 0) is 6.42 Å². The zero-order chi connectivity index (χ0) is 7.28. The third-order valence-corrected chi connectivity index (χ3v) is 1.67. The van der Waals surface area contributed by atoms with Crippen LogP contribution in [0, 0.1) is 5.92 Å². The first-order chi connectivity index (χ1) is 4.22. The van der Waals surface area contributed by atoms with E-state index in [1.54, 1.807) is 0 Å². The number of oxime groups is 1. The summed E-state index contributed by atoms with van der Waals surface area (Å²) >= 11 is 5.49. The van der Waals surface area contributed by atoms with Crippen LogP contribution >= 0.6 is 11.6 Å². The van der Waals surface area contributed by atoms with Crippen molar-refractivity contribution in [3.63, 3.8) is 0 Å². The molecule has 3 heteroatoms. The molecule has 0 aliphatic carbocycles. The molecule has 0 saturated heterocycles. The van der Waals surface area contributed by atoms with Crippen molar-refractivity contribution in [3.05, 3.63) is 0 Å². The molecule has 0 fully saturated rings. The largest absolute Gasteiger partial charge is 0.410 e. The molecule has 2 nitrogen and oxygen atoms in total. The average Bonchev–Trinajstić information content (AvgIpc) is 1.87. The second kappa shape index (κ2) is 4.62. The van der Waals surface area contributed by atoms with Gasteiger partial charge in [-0.1, -0.05) is 37.0 Å². The lowest BCUT2D eigenvalue weighted by Crippen LogP contribution is -2.02. The third kappa shape index (κ3) is 3.36. The summed E-state index contributed by atoms with van der Waals surface area (Å²) in [6, 6.07) is 0. The van der Waals surface area contributed by atoms with Gasteiger partial charge in [0.25, 0.3) is 0 Å². The Bertz CT molecular complexity index is 103. The van der Waals surface area contributed by atoms with Crippen LogP contribution in [0.2, 0.25) is 0 Å². The number of halogens is 1. The van der Waals surface area contributed by atoms with Gasteiger partial charge in [-0.2, -0.15) is 0 Å². The Morgan fingerprint density at radius 2 is 2.33 bits per heavy atom. The maximum absolute atomic E-state index is 8.19. The molecule has 0 saturated carbocycles. The van der Waals surface area contributed by atoms with Crippen molar-refractivity contribution in [2.24, 2.45) is 11.1 Å². The molecule has 54 valence electrons.